The molecule has 4 heterocycles. The van der Waals surface area contributed by atoms with E-state index < -0.39 is 0 Å². The van der Waals surface area contributed by atoms with E-state index in [0.717, 1.165) is 40.5 Å². The minimum absolute atomic E-state index is 0.0446. The molecule has 0 aliphatic carbocycles. The van der Waals surface area contributed by atoms with Crippen LogP contribution >= 0.6 is 0 Å². The van der Waals surface area contributed by atoms with Crippen molar-refractivity contribution < 1.29 is 4.74 Å². The fourth-order valence-corrected chi connectivity index (χ4v) is 6.22. The molecule has 0 saturated heterocycles. The maximum Gasteiger partial charge on any atom is 0.137 e. The maximum atomic E-state index is 6.73. The number of aryl methyl sites for hydroxylation is 1. The Hall–Kier alpha value is -4.77. The van der Waals surface area contributed by atoms with E-state index in [4.69, 9.17) is 9.72 Å². The molecule has 5 aromatic rings. The lowest BCUT2D eigenvalue weighted by atomic mass is 9.85. The highest BCUT2D eigenvalue weighted by molar-refractivity contribution is 6.09. The molecule has 0 saturated carbocycles. The Labute approximate surface area is 254 Å². The van der Waals surface area contributed by atoms with Crippen molar-refractivity contribution in [3.8, 4) is 17.3 Å². The zero-order valence-electron chi connectivity index (χ0n) is 25.8. The first-order chi connectivity index (χ1) is 20.7. The number of hydrogen-bond donors (Lipinski definition) is 0. The Morgan fingerprint density at radius 2 is 1.67 bits per heavy atom. The summed E-state index contributed by atoms with van der Waals surface area (Å²) in [5.41, 5.74) is 6.93. The van der Waals surface area contributed by atoms with Crippen LogP contribution in [0.25, 0.3) is 33.3 Å². The van der Waals surface area contributed by atoms with Gasteiger partial charge in [0.25, 0.3) is 0 Å². The van der Waals surface area contributed by atoms with Crippen molar-refractivity contribution in [2.75, 3.05) is 6.54 Å². The second-order valence-electron chi connectivity index (χ2n) is 12.9. The van der Waals surface area contributed by atoms with E-state index >= 15 is 0 Å². The highest BCUT2D eigenvalue weighted by atomic mass is 16.5. The van der Waals surface area contributed by atoms with Crippen molar-refractivity contribution >= 4 is 27.5 Å². The van der Waals surface area contributed by atoms with Gasteiger partial charge in [-0.3, -0.25) is 4.57 Å². The second-order valence-corrected chi connectivity index (χ2v) is 12.9. The molecule has 0 spiro atoms. The quantitative estimate of drug-likeness (QED) is 0.212. The number of allylic oxidation sites excluding steroid dienone is 2. The molecule has 2 aliphatic heterocycles. The molecule has 2 aliphatic rings. The molecule has 0 radical (unpaired) electrons. The average molecular weight is 567 g/mol. The molecule has 5 heteroatoms. The van der Waals surface area contributed by atoms with Crippen molar-refractivity contribution in [1.82, 2.24) is 19.4 Å². The fourth-order valence-electron chi connectivity index (χ4n) is 6.22. The van der Waals surface area contributed by atoms with E-state index in [9.17, 15) is 0 Å². The van der Waals surface area contributed by atoms with Crippen molar-refractivity contribution in [1.29, 1.82) is 0 Å². The van der Waals surface area contributed by atoms with E-state index in [0.29, 0.717) is 6.04 Å². The number of para-hydroxylation sites is 1. The summed E-state index contributed by atoms with van der Waals surface area (Å²) in [6.45, 7) is 14.3. The molecular formula is C38H38N4O. The van der Waals surface area contributed by atoms with Gasteiger partial charge in [0.15, 0.2) is 0 Å². The third-order valence-corrected chi connectivity index (χ3v) is 8.36. The molecule has 43 heavy (non-hydrogen) atoms. The Balaban J connectivity index is 1.34. The van der Waals surface area contributed by atoms with Gasteiger partial charge < -0.3 is 14.5 Å². The SMILES string of the molecule is Cc1ccnc(-n2c3ccccc3c3ccc(Oc4cc(C5=CN6CC=CC=C6N5C(C)C)cc(C(C)(C)C)c4)cc32)c1. The Bertz CT molecular complexity index is 1970. The summed E-state index contributed by atoms with van der Waals surface area (Å²) < 4.78 is 8.97. The molecule has 0 fully saturated rings. The van der Waals surface area contributed by atoms with Gasteiger partial charge in [0.2, 0.25) is 0 Å². The lowest BCUT2D eigenvalue weighted by Crippen LogP contribution is -2.31. The highest BCUT2D eigenvalue weighted by Gasteiger charge is 2.31. The van der Waals surface area contributed by atoms with Crippen LogP contribution in [0.3, 0.4) is 0 Å². The lowest BCUT2D eigenvalue weighted by molar-refractivity contribution is 0.334. The predicted octanol–water partition coefficient (Wildman–Crippen LogP) is 9.31. The zero-order chi connectivity index (χ0) is 29.9. The number of benzene rings is 3. The second kappa shape index (κ2) is 10.2. The third-order valence-electron chi connectivity index (χ3n) is 8.36. The molecule has 0 bridgehead atoms. The van der Waals surface area contributed by atoms with Crippen LogP contribution < -0.4 is 4.74 Å². The van der Waals surface area contributed by atoms with Crippen LogP contribution in [0.1, 0.15) is 51.3 Å². The molecule has 2 aromatic heterocycles. The summed E-state index contributed by atoms with van der Waals surface area (Å²) in [6, 6.07) is 26.1. The van der Waals surface area contributed by atoms with Gasteiger partial charge in [0.05, 0.1) is 16.7 Å². The summed E-state index contributed by atoms with van der Waals surface area (Å²) in [5, 5.41) is 2.38. The minimum Gasteiger partial charge on any atom is -0.457 e. The fraction of sp³-hybridized carbons (Fsp3) is 0.237. The number of nitrogens with zero attached hydrogens (tertiary/aromatic N) is 4. The van der Waals surface area contributed by atoms with Crippen LogP contribution in [0.15, 0.2) is 109 Å². The van der Waals surface area contributed by atoms with Crippen LogP contribution in [0.5, 0.6) is 11.5 Å². The summed E-state index contributed by atoms with van der Waals surface area (Å²) in [6.07, 6.45) is 10.7. The smallest absolute Gasteiger partial charge is 0.137 e. The van der Waals surface area contributed by atoms with Crippen LogP contribution in [-0.2, 0) is 5.41 Å². The number of aromatic nitrogens is 2. The molecule has 216 valence electrons. The number of rotatable bonds is 5. The summed E-state index contributed by atoms with van der Waals surface area (Å²) >= 11 is 0. The summed E-state index contributed by atoms with van der Waals surface area (Å²) in [5.74, 6) is 3.76. The first kappa shape index (κ1) is 27.1. The van der Waals surface area contributed by atoms with Crippen LogP contribution in [-0.4, -0.2) is 31.9 Å². The number of pyridine rings is 1. The maximum absolute atomic E-state index is 6.73. The molecule has 5 nitrogen and oxygen atoms in total. The molecule has 0 atom stereocenters. The van der Waals surface area contributed by atoms with Gasteiger partial charge >= 0.3 is 0 Å². The van der Waals surface area contributed by atoms with Crippen molar-refractivity contribution in [2.45, 2.75) is 53.0 Å². The van der Waals surface area contributed by atoms with Gasteiger partial charge in [0, 0.05) is 47.4 Å². The van der Waals surface area contributed by atoms with E-state index in [2.05, 4.69) is 147 Å². The normalized spacial score (nSPS) is 15.0. The highest BCUT2D eigenvalue weighted by Crippen LogP contribution is 2.41. The van der Waals surface area contributed by atoms with Gasteiger partial charge in [-0.05, 0) is 91.9 Å². The number of ether oxygens (including phenoxy) is 1. The standard InChI is InChI=1S/C38H38N4O/c1-25(2)41-35(24-40-18-10-9-13-37(40)41)27-20-28(38(4,5)6)22-30(21-27)43-29-14-15-32-31-11-7-8-12-33(31)42(34(32)23-29)36-19-26(3)16-17-39-36/h7-17,19-25H,18H2,1-6H3. The lowest BCUT2D eigenvalue weighted by Gasteiger charge is -2.31. The summed E-state index contributed by atoms with van der Waals surface area (Å²) in [7, 11) is 0. The van der Waals surface area contributed by atoms with E-state index in [1.807, 2.05) is 12.3 Å². The third kappa shape index (κ3) is 4.79. The Morgan fingerprint density at radius 3 is 2.47 bits per heavy atom. The Kier molecular flexibility index (Phi) is 6.42. The molecule has 0 amide bonds. The molecule has 7 rings (SSSR count). The number of hydrogen-bond acceptors (Lipinski definition) is 4. The van der Waals surface area contributed by atoms with Crippen molar-refractivity contribution in [3.05, 3.63) is 126 Å². The van der Waals surface area contributed by atoms with Gasteiger partial charge in [-0.15, -0.1) is 0 Å². The van der Waals surface area contributed by atoms with Gasteiger partial charge in [-0.1, -0.05) is 51.1 Å². The van der Waals surface area contributed by atoms with Crippen molar-refractivity contribution in [3.63, 3.8) is 0 Å². The monoisotopic (exact) mass is 566 g/mol. The molecular weight excluding hydrogens is 528 g/mol. The predicted molar refractivity (Wildman–Crippen MR) is 177 cm³/mol. The van der Waals surface area contributed by atoms with Crippen molar-refractivity contribution in [2.24, 2.45) is 0 Å². The first-order valence-corrected chi connectivity index (χ1v) is 15.1. The van der Waals surface area contributed by atoms with E-state index in [-0.39, 0.29) is 5.41 Å². The number of fused-ring (bicyclic) bond motifs is 4. The molecule has 0 N–H and O–H groups in total. The molecule has 0 unspecified atom stereocenters. The van der Waals surface area contributed by atoms with E-state index in [1.54, 1.807) is 0 Å². The Morgan fingerprint density at radius 1 is 0.860 bits per heavy atom. The van der Waals surface area contributed by atoms with Crippen LogP contribution in [0.4, 0.5) is 0 Å². The van der Waals surface area contributed by atoms with Gasteiger partial charge in [-0.2, -0.15) is 0 Å². The average Bonchev–Trinajstić information content (AvgIpc) is 3.53. The van der Waals surface area contributed by atoms with E-state index in [1.165, 1.54) is 33.4 Å². The van der Waals surface area contributed by atoms with Gasteiger partial charge in [0.1, 0.15) is 23.1 Å². The van der Waals surface area contributed by atoms with Crippen LogP contribution in [0, 0.1) is 6.92 Å². The first-order valence-electron chi connectivity index (χ1n) is 15.1. The topological polar surface area (TPSA) is 33.5 Å². The largest absolute Gasteiger partial charge is 0.457 e. The van der Waals surface area contributed by atoms with Gasteiger partial charge in [-0.25, -0.2) is 4.98 Å². The van der Waals surface area contributed by atoms with Crippen LogP contribution in [0.2, 0.25) is 0 Å². The molecule has 3 aromatic carbocycles. The zero-order valence-corrected chi connectivity index (χ0v) is 25.8. The minimum atomic E-state index is -0.0446. The summed E-state index contributed by atoms with van der Waals surface area (Å²) in [4.78, 5) is 9.49.